The summed E-state index contributed by atoms with van der Waals surface area (Å²) < 4.78 is 53.3. The lowest BCUT2D eigenvalue weighted by Crippen LogP contribution is -2.47. The van der Waals surface area contributed by atoms with Crippen LogP contribution in [0.25, 0.3) is 0 Å². The van der Waals surface area contributed by atoms with Gasteiger partial charge >= 0.3 is 6.18 Å². The molecule has 172 valence electrons. The lowest BCUT2D eigenvalue weighted by atomic mass is 9.98. The molecular formula is C25H17F4N3O2. The molecule has 0 bridgehead atoms. The number of nitrogens with one attached hydrogen (secondary N) is 1. The van der Waals surface area contributed by atoms with E-state index in [0.717, 1.165) is 29.8 Å². The van der Waals surface area contributed by atoms with E-state index >= 15 is 0 Å². The van der Waals surface area contributed by atoms with Gasteiger partial charge in [-0.15, -0.1) is 0 Å². The summed E-state index contributed by atoms with van der Waals surface area (Å²) in [5.41, 5.74) is 1.53. The fraction of sp³-hybridized carbons (Fsp3) is 0.160. The summed E-state index contributed by atoms with van der Waals surface area (Å²) in [4.78, 5) is 32.1. The van der Waals surface area contributed by atoms with Crippen molar-refractivity contribution in [1.29, 1.82) is 0 Å². The number of hydrogen-bond acceptors (Lipinski definition) is 3. The average molecular weight is 467 g/mol. The van der Waals surface area contributed by atoms with Crippen molar-refractivity contribution in [3.05, 3.63) is 100 Å². The fourth-order valence-electron chi connectivity index (χ4n) is 4.25. The summed E-state index contributed by atoms with van der Waals surface area (Å²) in [7, 11) is 0. The topological polar surface area (TPSA) is 61.8 Å². The molecule has 5 rings (SSSR count). The van der Waals surface area contributed by atoms with Crippen LogP contribution in [0.2, 0.25) is 0 Å². The van der Waals surface area contributed by atoms with Gasteiger partial charge in [-0.2, -0.15) is 13.2 Å². The van der Waals surface area contributed by atoms with Crippen LogP contribution in [0.1, 0.15) is 32.6 Å². The van der Waals surface area contributed by atoms with Gasteiger partial charge in [0.15, 0.2) is 0 Å². The normalized spacial score (nSPS) is 17.2. The van der Waals surface area contributed by atoms with Crippen molar-refractivity contribution in [3.63, 3.8) is 0 Å². The molecule has 0 fully saturated rings. The van der Waals surface area contributed by atoms with Crippen LogP contribution in [-0.4, -0.2) is 30.2 Å². The quantitative estimate of drug-likeness (QED) is 0.583. The van der Waals surface area contributed by atoms with Crippen molar-refractivity contribution >= 4 is 23.2 Å². The van der Waals surface area contributed by atoms with Gasteiger partial charge in [0, 0.05) is 23.2 Å². The molecule has 0 saturated heterocycles. The van der Waals surface area contributed by atoms with E-state index in [1.54, 1.807) is 18.2 Å². The maximum Gasteiger partial charge on any atom is 0.416 e. The molecule has 1 atom stereocenters. The van der Waals surface area contributed by atoms with Crippen molar-refractivity contribution in [3.8, 4) is 0 Å². The highest BCUT2D eigenvalue weighted by atomic mass is 19.4. The molecule has 34 heavy (non-hydrogen) atoms. The first-order chi connectivity index (χ1) is 16.2. The van der Waals surface area contributed by atoms with Gasteiger partial charge in [0.25, 0.3) is 11.8 Å². The maximum absolute atomic E-state index is 14.7. The van der Waals surface area contributed by atoms with Gasteiger partial charge in [-0.3, -0.25) is 9.59 Å². The number of amides is 2. The Morgan fingerprint density at radius 1 is 0.971 bits per heavy atom. The first-order valence-corrected chi connectivity index (χ1v) is 10.5. The molecule has 3 aromatic carbocycles. The van der Waals surface area contributed by atoms with Crippen molar-refractivity contribution in [2.75, 3.05) is 11.4 Å². The molecule has 0 saturated carbocycles. The number of rotatable bonds is 3. The summed E-state index contributed by atoms with van der Waals surface area (Å²) in [6.07, 6.45) is -5.33. The van der Waals surface area contributed by atoms with E-state index in [1.165, 1.54) is 23.1 Å². The summed E-state index contributed by atoms with van der Waals surface area (Å²) in [5, 5.41) is 2.50. The predicted molar refractivity (Wildman–Crippen MR) is 117 cm³/mol. The van der Waals surface area contributed by atoms with Crippen LogP contribution >= 0.6 is 0 Å². The van der Waals surface area contributed by atoms with E-state index in [9.17, 15) is 27.2 Å². The van der Waals surface area contributed by atoms with Gasteiger partial charge < -0.3 is 10.2 Å². The Morgan fingerprint density at radius 2 is 1.68 bits per heavy atom. The number of carbonyl (C=O) groups is 2. The molecule has 3 aromatic rings. The summed E-state index contributed by atoms with van der Waals surface area (Å²) in [6, 6.07) is 15.1. The lowest BCUT2D eigenvalue weighted by Gasteiger charge is -2.21. The largest absolute Gasteiger partial charge is 0.416 e. The minimum Gasteiger partial charge on any atom is -0.322 e. The van der Waals surface area contributed by atoms with E-state index in [0.29, 0.717) is 24.2 Å². The second kappa shape index (κ2) is 8.09. The van der Waals surface area contributed by atoms with Crippen LogP contribution < -0.4 is 10.2 Å². The van der Waals surface area contributed by atoms with Crippen LogP contribution in [0.15, 0.2) is 71.7 Å². The molecular weight excluding hydrogens is 450 g/mol. The second-order valence-electron chi connectivity index (χ2n) is 7.96. The minimum atomic E-state index is -4.54. The lowest BCUT2D eigenvalue weighted by molar-refractivity contribution is -0.137. The number of alkyl halides is 3. The molecule has 5 nitrogen and oxygen atoms in total. The summed E-state index contributed by atoms with van der Waals surface area (Å²) in [5.74, 6) is -1.81. The monoisotopic (exact) mass is 467 g/mol. The summed E-state index contributed by atoms with van der Waals surface area (Å²) >= 11 is 0. The maximum atomic E-state index is 14.7. The van der Waals surface area contributed by atoms with Gasteiger partial charge in [-0.25, -0.2) is 9.38 Å². The van der Waals surface area contributed by atoms with E-state index in [4.69, 9.17) is 0 Å². The zero-order chi connectivity index (χ0) is 24.0. The Bertz CT molecular complexity index is 1330. The molecule has 0 radical (unpaired) electrons. The highest BCUT2D eigenvalue weighted by molar-refractivity contribution is 6.21. The van der Waals surface area contributed by atoms with Crippen LogP contribution in [0, 0.1) is 5.82 Å². The third-order valence-electron chi connectivity index (χ3n) is 5.88. The molecule has 2 heterocycles. The first-order valence-electron chi connectivity index (χ1n) is 10.5. The molecule has 2 amide bonds. The van der Waals surface area contributed by atoms with Crippen LogP contribution in [0.5, 0.6) is 0 Å². The average Bonchev–Trinajstić information content (AvgIpc) is 3.21. The molecule has 0 aromatic heterocycles. The molecule has 1 N–H and O–H groups in total. The number of benzene rings is 3. The van der Waals surface area contributed by atoms with Crippen molar-refractivity contribution in [2.24, 2.45) is 4.99 Å². The number of halogens is 4. The highest BCUT2D eigenvalue weighted by Crippen LogP contribution is 2.36. The van der Waals surface area contributed by atoms with Gasteiger partial charge in [0.05, 0.1) is 17.0 Å². The Morgan fingerprint density at radius 3 is 2.38 bits per heavy atom. The Balaban J connectivity index is 1.55. The third-order valence-corrected chi connectivity index (χ3v) is 5.88. The number of carbonyl (C=O) groups excluding carboxylic acids is 2. The molecule has 1 unspecified atom stereocenters. The summed E-state index contributed by atoms with van der Waals surface area (Å²) in [6.45, 7) is 0.373. The number of nitrogens with zero attached hydrogens (tertiary/aromatic N) is 2. The Kier molecular flexibility index (Phi) is 5.19. The van der Waals surface area contributed by atoms with E-state index in [2.05, 4.69) is 10.3 Å². The second-order valence-corrected chi connectivity index (χ2v) is 7.96. The van der Waals surface area contributed by atoms with E-state index in [-0.39, 0.29) is 16.8 Å². The smallest absolute Gasteiger partial charge is 0.322 e. The number of para-hydroxylation sites is 1. The molecule has 0 spiro atoms. The fourth-order valence-corrected chi connectivity index (χ4v) is 4.25. The van der Waals surface area contributed by atoms with Gasteiger partial charge in [-0.05, 0) is 48.4 Å². The predicted octanol–water partition coefficient (Wildman–Crippen LogP) is 4.34. The Hall–Kier alpha value is -4.01. The molecule has 2 aliphatic rings. The molecule has 2 aliphatic heterocycles. The number of anilines is 1. The van der Waals surface area contributed by atoms with E-state index in [1.807, 2.05) is 6.07 Å². The number of hydrogen-bond donors (Lipinski definition) is 1. The van der Waals surface area contributed by atoms with Gasteiger partial charge in [-0.1, -0.05) is 30.3 Å². The van der Waals surface area contributed by atoms with Crippen LogP contribution in [-0.2, 0) is 17.4 Å². The zero-order valence-corrected chi connectivity index (χ0v) is 17.6. The standard InChI is InChI=1S/C25H17F4N3O2/c26-19-7-2-1-5-17(19)20-18-6-3-4-14-12-13-32(21(14)18)24(34)22(30-20)31-23(33)15-8-10-16(11-9-15)25(27,28)29/h1-11,22H,12-13H2,(H,31,33). The van der Waals surface area contributed by atoms with E-state index < -0.39 is 35.5 Å². The highest BCUT2D eigenvalue weighted by Gasteiger charge is 2.37. The van der Waals surface area contributed by atoms with Gasteiger partial charge in [0.1, 0.15) is 5.82 Å². The SMILES string of the molecule is O=C(NC1N=C(c2ccccc2F)c2cccc3c2N(CC3)C1=O)c1ccc(C(F)(F)F)cc1. The third kappa shape index (κ3) is 3.72. The molecule has 9 heteroatoms. The van der Waals surface area contributed by atoms with Crippen molar-refractivity contribution in [2.45, 2.75) is 18.8 Å². The number of aliphatic imine (C=N–C) groups is 1. The van der Waals surface area contributed by atoms with Gasteiger partial charge in [0.2, 0.25) is 6.17 Å². The van der Waals surface area contributed by atoms with Crippen LogP contribution in [0.4, 0.5) is 23.2 Å². The first kappa shape index (κ1) is 21.8. The van der Waals surface area contributed by atoms with Crippen LogP contribution in [0.3, 0.4) is 0 Å². The van der Waals surface area contributed by atoms with Crippen molar-refractivity contribution < 1.29 is 27.2 Å². The molecule has 0 aliphatic carbocycles. The zero-order valence-electron chi connectivity index (χ0n) is 17.6. The Labute approximate surface area is 191 Å². The minimum absolute atomic E-state index is 0.0627. The van der Waals surface area contributed by atoms with Crippen molar-refractivity contribution in [1.82, 2.24) is 5.32 Å².